The molecule has 3 rings (SSSR count). The molecule has 3 aromatic rings. The second-order valence-electron chi connectivity index (χ2n) is 6.60. The topological polar surface area (TPSA) is 61.8 Å². The Balaban J connectivity index is 1.62. The number of carbonyl (C=O) groups excluding carboxylic acids is 2. The molecular weight excluding hydrogens is 423 g/mol. The van der Waals surface area contributed by atoms with Crippen LogP contribution in [0, 0.1) is 5.82 Å². The highest BCUT2D eigenvalue weighted by atomic mass is 35.5. The molecule has 0 aliphatic carbocycles. The summed E-state index contributed by atoms with van der Waals surface area (Å²) in [6, 6.07) is 15.8. The van der Waals surface area contributed by atoms with Crippen LogP contribution in [0.5, 0.6) is 17.2 Å². The van der Waals surface area contributed by atoms with E-state index < -0.39 is 17.8 Å². The van der Waals surface area contributed by atoms with Crippen LogP contribution in [-0.2, 0) is 0 Å². The first-order valence-electron chi connectivity index (χ1n) is 9.68. The predicted octanol–water partition coefficient (Wildman–Crippen LogP) is 6.10. The molecule has 0 radical (unpaired) electrons. The first kappa shape index (κ1) is 22.3. The number of ether oxygens (including phenoxy) is 3. The Kier molecular flexibility index (Phi) is 7.62. The third-order valence-electron chi connectivity index (χ3n) is 4.25. The summed E-state index contributed by atoms with van der Waals surface area (Å²) >= 11 is 6.17. The number of hydrogen-bond donors (Lipinski definition) is 0. The van der Waals surface area contributed by atoms with Gasteiger partial charge >= 0.3 is 11.9 Å². The lowest BCUT2D eigenvalue weighted by atomic mass is 10.2. The van der Waals surface area contributed by atoms with E-state index in [0.717, 1.165) is 12.8 Å². The van der Waals surface area contributed by atoms with Gasteiger partial charge in [-0.1, -0.05) is 24.9 Å². The molecule has 0 spiro atoms. The maximum Gasteiger partial charge on any atom is 0.343 e. The average Bonchev–Trinajstić information content (AvgIpc) is 2.77. The van der Waals surface area contributed by atoms with Crippen LogP contribution in [0.15, 0.2) is 66.7 Å². The van der Waals surface area contributed by atoms with E-state index in [0.29, 0.717) is 17.9 Å². The fourth-order valence-corrected chi connectivity index (χ4v) is 2.78. The molecule has 0 aromatic heterocycles. The van der Waals surface area contributed by atoms with Crippen molar-refractivity contribution in [2.45, 2.75) is 19.8 Å². The van der Waals surface area contributed by atoms with E-state index in [2.05, 4.69) is 6.92 Å². The molecule has 0 saturated heterocycles. The quantitative estimate of drug-likeness (QED) is 0.240. The standard InChI is InChI=1S/C24H20ClFO5/c1-2-3-14-29-19-9-4-16(5-10-19)23(27)31-22-13-6-17(15-21(22)25)24(28)30-20-11-7-18(26)8-12-20/h4-13,15H,2-3,14H2,1H3. The first-order chi connectivity index (χ1) is 15.0. The molecule has 0 heterocycles. The second-order valence-corrected chi connectivity index (χ2v) is 7.01. The minimum Gasteiger partial charge on any atom is -0.494 e. The molecule has 160 valence electrons. The van der Waals surface area contributed by atoms with Gasteiger partial charge in [-0.15, -0.1) is 0 Å². The van der Waals surface area contributed by atoms with Crippen molar-refractivity contribution in [1.82, 2.24) is 0 Å². The van der Waals surface area contributed by atoms with E-state index in [1.165, 1.54) is 42.5 Å². The summed E-state index contributed by atoms with van der Waals surface area (Å²) in [5, 5.41) is 0.0708. The maximum atomic E-state index is 12.9. The SMILES string of the molecule is CCCCOc1ccc(C(=O)Oc2ccc(C(=O)Oc3ccc(F)cc3)cc2Cl)cc1. The van der Waals surface area contributed by atoms with Crippen LogP contribution in [0.25, 0.3) is 0 Å². The summed E-state index contributed by atoms with van der Waals surface area (Å²) in [6.45, 7) is 2.69. The zero-order valence-corrected chi connectivity index (χ0v) is 17.5. The Labute approximate surface area is 184 Å². The minimum absolute atomic E-state index is 0.0708. The molecule has 0 bridgehead atoms. The molecule has 7 heteroatoms. The minimum atomic E-state index is -0.676. The Morgan fingerprint density at radius 2 is 1.45 bits per heavy atom. The summed E-state index contributed by atoms with van der Waals surface area (Å²) in [4.78, 5) is 24.6. The number of hydrogen-bond acceptors (Lipinski definition) is 5. The lowest BCUT2D eigenvalue weighted by Crippen LogP contribution is -2.11. The number of benzene rings is 3. The van der Waals surface area contributed by atoms with E-state index >= 15 is 0 Å². The molecular formula is C24H20ClFO5. The van der Waals surface area contributed by atoms with E-state index in [-0.39, 0.29) is 22.1 Å². The van der Waals surface area contributed by atoms with Gasteiger partial charge in [-0.25, -0.2) is 14.0 Å². The third kappa shape index (κ3) is 6.30. The maximum absolute atomic E-state index is 12.9. The molecule has 0 aliphatic rings. The Bertz CT molecular complexity index is 1050. The molecule has 0 aliphatic heterocycles. The van der Waals surface area contributed by atoms with Gasteiger partial charge in [0.25, 0.3) is 0 Å². The number of esters is 2. The molecule has 0 saturated carbocycles. The fraction of sp³-hybridized carbons (Fsp3) is 0.167. The number of unbranched alkanes of at least 4 members (excludes halogenated alkanes) is 1. The van der Waals surface area contributed by atoms with Crippen molar-refractivity contribution in [3.05, 3.63) is 88.7 Å². The van der Waals surface area contributed by atoms with Gasteiger partial charge in [0.2, 0.25) is 0 Å². The molecule has 0 amide bonds. The van der Waals surface area contributed by atoms with Crippen molar-refractivity contribution in [1.29, 1.82) is 0 Å². The van der Waals surface area contributed by atoms with Gasteiger partial charge in [-0.3, -0.25) is 0 Å². The van der Waals surface area contributed by atoms with E-state index in [9.17, 15) is 14.0 Å². The van der Waals surface area contributed by atoms with Crippen LogP contribution in [0.4, 0.5) is 4.39 Å². The number of carbonyl (C=O) groups is 2. The molecule has 0 atom stereocenters. The summed E-state index contributed by atoms with van der Waals surface area (Å²) < 4.78 is 29.0. The van der Waals surface area contributed by atoms with Crippen molar-refractivity contribution >= 4 is 23.5 Å². The van der Waals surface area contributed by atoms with Gasteiger partial charge < -0.3 is 14.2 Å². The average molecular weight is 443 g/mol. The zero-order valence-electron chi connectivity index (χ0n) is 16.8. The van der Waals surface area contributed by atoms with Crippen molar-refractivity contribution < 1.29 is 28.2 Å². The molecule has 31 heavy (non-hydrogen) atoms. The van der Waals surface area contributed by atoms with Crippen LogP contribution in [0.1, 0.15) is 40.5 Å². The molecule has 3 aromatic carbocycles. The lowest BCUT2D eigenvalue weighted by molar-refractivity contribution is 0.0730. The molecule has 0 unspecified atom stereocenters. The number of rotatable bonds is 8. The van der Waals surface area contributed by atoms with Crippen molar-refractivity contribution in [3.8, 4) is 17.2 Å². The summed E-state index contributed by atoms with van der Waals surface area (Å²) in [7, 11) is 0. The smallest absolute Gasteiger partial charge is 0.343 e. The third-order valence-corrected chi connectivity index (χ3v) is 4.55. The normalized spacial score (nSPS) is 10.4. The van der Waals surface area contributed by atoms with Crippen LogP contribution in [0.3, 0.4) is 0 Å². The van der Waals surface area contributed by atoms with Crippen LogP contribution < -0.4 is 14.2 Å². The summed E-state index contributed by atoms with van der Waals surface area (Å²) in [5.41, 5.74) is 0.487. The van der Waals surface area contributed by atoms with Crippen molar-refractivity contribution in [3.63, 3.8) is 0 Å². The highest BCUT2D eigenvalue weighted by Crippen LogP contribution is 2.27. The van der Waals surface area contributed by atoms with Gasteiger partial charge in [0.15, 0.2) is 0 Å². The van der Waals surface area contributed by atoms with Gasteiger partial charge in [0.1, 0.15) is 23.1 Å². The van der Waals surface area contributed by atoms with Gasteiger partial charge in [0.05, 0.1) is 22.8 Å². The molecule has 0 fully saturated rings. The summed E-state index contributed by atoms with van der Waals surface area (Å²) in [5.74, 6) is -0.734. The highest BCUT2D eigenvalue weighted by molar-refractivity contribution is 6.32. The molecule has 5 nitrogen and oxygen atoms in total. The van der Waals surface area contributed by atoms with E-state index in [1.54, 1.807) is 24.3 Å². The largest absolute Gasteiger partial charge is 0.494 e. The van der Waals surface area contributed by atoms with Crippen molar-refractivity contribution in [2.75, 3.05) is 6.61 Å². The predicted molar refractivity (Wildman–Crippen MR) is 115 cm³/mol. The zero-order chi connectivity index (χ0) is 22.2. The Morgan fingerprint density at radius 3 is 2.10 bits per heavy atom. The van der Waals surface area contributed by atoms with Crippen LogP contribution in [0.2, 0.25) is 5.02 Å². The van der Waals surface area contributed by atoms with E-state index in [4.69, 9.17) is 25.8 Å². The highest BCUT2D eigenvalue weighted by Gasteiger charge is 2.15. The number of halogens is 2. The fourth-order valence-electron chi connectivity index (χ4n) is 2.56. The van der Waals surface area contributed by atoms with Gasteiger partial charge in [-0.05, 0) is 73.2 Å². The van der Waals surface area contributed by atoms with Gasteiger partial charge in [0, 0.05) is 0 Å². The Morgan fingerprint density at radius 1 is 0.839 bits per heavy atom. The van der Waals surface area contributed by atoms with Crippen LogP contribution in [-0.4, -0.2) is 18.5 Å². The van der Waals surface area contributed by atoms with E-state index in [1.807, 2.05) is 0 Å². The second kappa shape index (κ2) is 10.6. The van der Waals surface area contributed by atoms with Crippen molar-refractivity contribution in [2.24, 2.45) is 0 Å². The molecule has 0 N–H and O–H groups in total. The first-order valence-corrected chi connectivity index (χ1v) is 10.1. The van der Waals surface area contributed by atoms with Gasteiger partial charge in [-0.2, -0.15) is 0 Å². The lowest BCUT2D eigenvalue weighted by Gasteiger charge is -2.09. The monoisotopic (exact) mass is 442 g/mol. The Hall–Kier alpha value is -3.38. The van der Waals surface area contributed by atoms with Crippen LogP contribution >= 0.6 is 11.6 Å². The summed E-state index contributed by atoms with van der Waals surface area (Å²) in [6.07, 6.45) is 1.99.